The Morgan fingerprint density at radius 2 is 1.70 bits per heavy atom. The van der Waals surface area contributed by atoms with Crippen molar-refractivity contribution in [2.24, 2.45) is 0 Å². The van der Waals surface area contributed by atoms with Gasteiger partial charge in [-0.1, -0.05) is 45.0 Å². The van der Waals surface area contributed by atoms with Crippen LogP contribution in [0.2, 0.25) is 0 Å². The highest BCUT2D eigenvalue weighted by molar-refractivity contribution is 7.89. The first kappa shape index (κ1) is 18.1. The van der Waals surface area contributed by atoms with E-state index in [-0.39, 0.29) is 11.2 Å². The van der Waals surface area contributed by atoms with E-state index in [0.29, 0.717) is 0 Å². The van der Waals surface area contributed by atoms with Crippen molar-refractivity contribution >= 4 is 21.2 Å². The van der Waals surface area contributed by atoms with Crippen LogP contribution in [0.1, 0.15) is 42.6 Å². The SMILES string of the molecule is CC(C)(C)c1nc(CNCc2ccc(CS(C)(=O)=O)cc2)cs1. The van der Waals surface area contributed by atoms with Crippen molar-refractivity contribution in [2.75, 3.05) is 6.26 Å². The van der Waals surface area contributed by atoms with Crippen molar-refractivity contribution in [2.45, 2.75) is 45.0 Å². The van der Waals surface area contributed by atoms with E-state index in [1.807, 2.05) is 24.3 Å². The molecule has 0 aliphatic heterocycles. The molecule has 0 unspecified atom stereocenters. The molecule has 1 aromatic heterocycles. The summed E-state index contributed by atoms with van der Waals surface area (Å²) in [7, 11) is -2.98. The van der Waals surface area contributed by atoms with E-state index >= 15 is 0 Å². The first-order chi connectivity index (χ1) is 10.6. The Hall–Kier alpha value is -1.24. The number of nitrogens with one attached hydrogen (secondary N) is 1. The molecule has 0 amide bonds. The van der Waals surface area contributed by atoms with Crippen LogP contribution in [0.25, 0.3) is 0 Å². The van der Waals surface area contributed by atoms with Gasteiger partial charge < -0.3 is 5.32 Å². The summed E-state index contributed by atoms with van der Waals surface area (Å²) in [6.07, 6.45) is 1.25. The van der Waals surface area contributed by atoms with E-state index in [1.165, 1.54) is 6.26 Å². The lowest BCUT2D eigenvalue weighted by atomic mass is 9.98. The molecule has 0 fully saturated rings. The Bertz CT molecular complexity index is 742. The molecule has 1 aromatic carbocycles. The van der Waals surface area contributed by atoms with Crippen molar-refractivity contribution in [3.63, 3.8) is 0 Å². The third-order valence-corrected chi connectivity index (χ3v) is 5.45. The Kier molecular flexibility index (Phi) is 5.60. The van der Waals surface area contributed by atoms with Gasteiger partial charge in [-0.25, -0.2) is 13.4 Å². The molecule has 0 saturated heterocycles. The smallest absolute Gasteiger partial charge is 0.151 e. The summed E-state index contributed by atoms with van der Waals surface area (Å²) in [5, 5.41) is 6.63. The van der Waals surface area contributed by atoms with Gasteiger partial charge >= 0.3 is 0 Å². The van der Waals surface area contributed by atoms with Gasteiger partial charge in [-0.3, -0.25) is 0 Å². The first-order valence-electron chi connectivity index (χ1n) is 7.55. The maximum atomic E-state index is 11.3. The third-order valence-electron chi connectivity index (χ3n) is 3.28. The number of hydrogen-bond donors (Lipinski definition) is 1. The normalized spacial score (nSPS) is 12.5. The van der Waals surface area contributed by atoms with Crippen molar-refractivity contribution in [1.82, 2.24) is 10.3 Å². The minimum absolute atomic E-state index is 0.0924. The highest BCUT2D eigenvalue weighted by Crippen LogP contribution is 2.25. The molecule has 6 heteroatoms. The van der Waals surface area contributed by atoms with Crippen molar-refractivity contribution in [3.8, 4) is 0 Å². The van der Waals surface area contributed by atoms with Gasteiger partial charge in [0.25, 0.3) is 0 Å². The summed E-state index contributed by atoms with van der Waals surface area (Å²) in [6, 6.07) is 7.68. The molecule has 2 aromatic rings. The van der Waals surface area contributed by atoms with Crippen LogP contribution in [0.15, 0.2) is 29.6 Å². The Balaban J connectivity index is 1.86. The number of sulfone groups is 1. The molecule has 1 N–H and O–H groups in total. The maximum absolute atomic E-state index is 11.3. The largest absolute Gasteiger partial charge is 0.307 e. The summed E-state index contributed by atoms with van der Waals surface area (Å²) < 4.78 is 22.5. The second kappa shape index (κ2) is 7.11. The molecule has 0 bridgehead atoms. The zero-order chi connectivity index (χ0) is 17.1. The second-order valence-electron chi connectivity index (χ2n) is 6.88. The summed E-state index contributed by atoms with van der Waals surface area (Å²) in [6.45, 7) is 7.97. The molecule has 0 radical (unpaired) electrons. The number of thiazole rings is 1. The van der Waals surface area contributed by atoms with Crippen LogP contribution < -0.4 is 5.32 Å². The summed E-state index contributed by atoms with van der Waals surface area (Å²) in [4.78, 5) is 4.66. The van der Waals surface area contributed by atoms with Crippen LogP contribution in [0, 0.1) is 0 Å². The Morgan fingerprint density at radius 3 is 2.22 bits per heavy atom. The lowest BCUT2D eigenvalue weighted by Crippen LogP contribution is -2.14. The predicted molar refractivity (Wildman–Crippen MR) is 96.3 cm³/mol. The second-order valence-corrected chi connectivity index (χ2v) is 9.88. The van der Waals surface area contributed by atoms with Gasteiger partial charge in [0.05, 0.1) is 16.5 Å². The van der Waals surface area contributed by atoms with Crippen LogP contribution >= 0.6 is 11.3 Å². The van der Waals surface area contributed by atoms with Crippen molar-refractivity contribution in [1.29, 1.82) is 0 Å². The molecule has 0 saturated carbocycles. The zero-order valence-electron chi connectivity index (χ0n) is 14.1. The fourth-order valence-corrected chi connectivity index (χ4v) is 3.83. The van der Waals surface area contributed by atoms with Gasteiger partial charge in [0.15, 0.2) is 9.84 Å². The van der Waals surface area contributed by atoms with Crippen molar-refractivity contribution < 1.29 is 8.42 Å². The molecule has 2 rings (SSSR count). The van der Waals surface area contributed by atoms with Crippen LogP contribution in [-0.4, -0.2) is 19.7 Å². The van der Waals surface area contributed by atoms with E-state index in [4.69, 9.17) is 0 Å². The molecule has 4 nitrogen and oxygen atoms in total. The molecular weight excluding hydrogens is 328 g/mol. The van der Waals surface area contributed by atoms with Crippen LogP contribution in [0.3, 0.4) is 0 Å². The number of nitrogens with zero attached hydrogens (tertiary/aromatic N) is 1. The fraction of sp³-hybridized carbons (Fsp3) is 0.471. The monoisotopic (exact) mass is 352 g/mol. The number of aromatic nitrogens is 1. The molecule has 0 aliphatic carbocycles. The summed E-state index contributed by atoms with van der Waals surface area (Å²) >= 11 is 1.70. The number of hydrogen-bond acceptors (Lipinski definition) is 5. The van der Waals surface area contributed by atoms with Gasteiger partial charge in [-0.15, -0.1) is 11.3 Å². The molecule has 0 aliphatic rings. The highest BCUT2D eigenvalue weighted by atomic mass is 32.2. The van der Waals surface area contributed by atoms with Crippen LogP contribution in [-0.2, 0) is 34.1 Å². The van der Waals surface area contributed by atoms with Crippen LogP contribution in [0.5, 0.6) is 0 Å². The van der Waals surface area contributed by atoms with E-state index in [2.05, 4.69) is 36.5 Å². The minimum Gasteiger partial charge on any atom is -0.307 e. The Morgan fingerprint density at radius 1 is 1.09 bits per heavy atom. The number of benzene rings is 1. The number of rotatable bonds is 6. The summed E-state index contributed by atoms with van der Waals surface area (Å²) in [5.74, 6) is 0.0924. The van der Waals surface area contributed by atoms with E-state index in [0.717, 1.165) is 34.9 Å². The summed E-state index contributed by atoms with van der Waals surface area (Å²) in [5.41, 5.74) is 3.12. The fourth-order valence-electron chi connectivity index (χ4n) is 2.12. The maximum Gasteiger partial charge on any atom is 0.151 e. The van der Waals surface area contributed by atoms with Gasteiger partial charge in [0.1, 0.15) is 0 Å². The molecule has 1 heterocycles. The average molecular weight is 353 g/mol. The topological polar surface area (TPSA) is 59.1 Å². The van der Waals surface area contributed by atoms with E-state index < -0.39 is 9.84 Å². The molecular formula is C17H24N2O2S2. The molecule has 23 heavy (non-hydrogen) atoms. The molecule has 126 valence electrons. The van der Waals surface area contributed by atoms with Crippen molar-refractivity contribution in [3.05, 3.63) is 51.5 Å². The standard InChI is InChI=1S/C17H24N2O2S2/c1-17(2,3)16-19-15(11-22-16)10-18-9-13-5-7-14(8-6-13)12-23(4,20)21/h5-8,11,18H,9-10,12H2,1-4H3. The predicted octanol–water partition coefficient (Wildman–Crippen LogP) is 3.28. The average Bonchev–Trinajstić information content (AvgIpc) is 2.88. The van der Waals surface area contributed by atoms with E-state index in [9.17, 15) is 8.42 Å². The lowest BCUT2D eigenvalue weighted by Gasteiger charge is -2.13. The minimum atomic E-state index is -2.98. The quantitative estimate of drug-likeness (QED) is 0.867. The van der Waals surface area contributed by atoms with E-state index in [1.54, 1.807) is 11.3 Å². The van der Waals surface area contributed by atoms with Gasteiger partial charge in [-0.05, 0) is 11.1 Å². The molecule has 0 atom stereocenters. The molecule has 0 spiro atoms. The first-order valence-corrected chi connectivity index (χ1v) is 10.5. The van der Waals surface area contributed by atoms with Gasteiger partial charge in [0, 0.05) is 30.1 Å². The third kappa shape index (κ3) is 6.05. The van der Waals surface area contributed by atoms with Gasteiger partial charge in [0.2, 0.25) is 0 Å². The van der Waals surface area contributed by atoms with Crippen LogP contribution in [0.4, 0.5) is 0 Å². The highest BCUT2D eigenvalue weighted by Gasteiger charge is 2.17. The lowest BCUT2D eigenvalue weighted by molar-refractivity contribution is 0.579. The van der Waals surface area contributed by atoms with Gasteiger partial charge in [-0.2, -0.15) is 0 Å². The zero-order valence-corrected chi connectivity index (χ0v) is 15.7. The Labute approximate surface area is 142 Å².